The lowest BCUT2D eigenvalue weighted by molar-refractivity contribution is 0.0957. The van der Waals surface area contributed by atoms with E-state index in [-0.39, 0.29) is 5.91 Å². The number of carbonyl (C=O) groups is 1. The van der Waals surface area contributed by atoms with Crippen LogP contribution in [0.5, 0.6) is 11.5 Å². The lowest BCUT2D eigenvalue weighted by Crippen LogP contribution is -2.38. The number of guanidine groups is 1. The number of thiophene rings is 1. The standard InChI is InChI=1S/C21H30N4O3S/c1-4-22-21(24-12-6-11-23-20(26)19-7-5-14-29-19)25-13-10-16-8-9-17(27-2)18(15-16)28-3/h5,7-9,14-15H,4,6,10-13H2,1-3H3,(H,23,26)(H2,22,24,25). The SMILES string of the molecule is CCNC(=NCCCNC(=O)c1cccs1)NCCc1ccc(OC)c(OC)c1. The highest BCUT2D eigenvalue weighted by atomic mass is 32.1. The Morgan fingerprint density at radius 1 is 1.07 bits per heavy atom. The van der Waals surface area contributed by atoms with Crippen molar-refractivity contribution in [2.24, 2.45) is 4.99 Å². The molecule has 29 heavy (non-hydrogen) atoms. The van der Waals surface area contributed by atoms with Crippen molar-refractivity contribution in [3.63, 3.8) is 0 Å². The largest absolute Gasteiger partial charge is 0.493 e. The van der Waals surface area contributed by atoms with Crippen LogP contribution >= 0.6 is 11.3 Å². The van der Waals surface area contributed by atoms with E-state index in [1.807, 2.05) is 42.6 Å². The number of hydrogen-bond acceptors (Lipinski definition) is 5. The zero-order chi connectivity index (χ0) is 20.9. The first-order valence-corrected chi connectivity index (χ1v) is 10.6. The van der Waals surface area contributed by atoms with Crippen LogP contribution in [0.2, 0.25) is 0 Å². The van der Waals surface area contributed by atoms with Gasteiger partial charge in [-0.15, -0.1) is 11.3 Å². The second kappa shape index (κ2) is 12.7. The van der Waals surface area contributed by atoms with Crippen LogP contribution < -0.4 is 25.4 Å². The highest BCUT2D eigenvalue weighted by Crippen LogP contribution is 2.27. The molecule has 0 aliphatic heterocycles. The van der Waals surface area contributed by atoms with Gasteiger partial charge in [-0.05, 0) is 48.9 Å². The lowest BCUT2D eigenvalue weighted by atomic mass is 10.1. The average molecular weight is 419 g/mol. The normalized spacial score (nSPS) is 11.1. The number of carbonyl (C=O) groups excluding carboxylic acids is 1. The molecule has 1 aromatic carbocycles. The van der Waals surface area contributed by atoms with Crippen molar-refractivity contribution >= 4 is 23.2 Å². The Bertz CT molecular complexity index is 778. The van der Waals surface area contributed by atoms with Crippen molar-refractivity contribution in [3.8, 4) is 11.5 Å². The molecular formula is C21H30N4O3S. The maximum Gasteiger partial charge on any atom is 0.261 e. The molecule has 8 heteroatoms. The number of nitrogens with one attached hydrogen (secondary N) is 3. The van der Waals surface area contributed by atoms with Crippen LogP contribution in [0, 0.1) is 0 Å². The van der Waals surface area contributed by atoms with E-state index in [9.17, 15) is 4.79 Å². The maximum absolute atomic E-state index is 11.9. The van der Waals surface area contributed by atoms with Crippen LogP contribution in [0.25, 0.3) is 0 Å². The van der Waals surface area contributed by atoms with Gasteiger partial charge >= 0.3 is 0 Å². The Hall–Kier alpha value is -2.74. The quantitative estimate of drug-likeness (QED) is 0.297. The summed E-state index contributed by atoms with van der Waals surface area (Å²) < 4.78 is 10.6. The number of amides is 1. The molecule has 2 rings (SSSR count). The van der Waals surface area contributed by atoms with Gasteiger partial charge in [-0.25, -0.2) is 0 Å². The summed E-state index contributed by atoms with van der Waals surface area (Å²) in [7, 11) is 3.27. The molecule has 3 N–H and O–H groups in total. The first kappa shape index (κ1) is 22.5. The van der Waals surface area contributed by atoms with E-state index in [0.29, 0.717) is 13.1 Å². The summed E-state index contributed by atoms with van der Waals surface area (Å²) in [6.45, 7) is 4.81. The van der Waals surface area contributed by atoms with Gasteiger partial charge in [0.05, 0.1) is 19.1 Å². The molecule has 2 aromatic rings. The molecular weight excluding hydrogens is 388 g/mol. The zero-order valence-corrected chi connectivity index (χ0v) is 18.1. The van der Waals surface area contributed by atoms with Crippen LogP contribution in [-0.2, 0) is 6.42 Å². The summed E-state index contributed by atoms with van der Waals surface area (Å²) in [6, 6.07) is 9.63. The average Bonchev–Trinajstić information content (AvgIpc) is 3.28. The molecule has 0 spiro atoms. The summed E-state index contributed by atoms with van der Waals surface area (Å²) in [5.74, 6) is 2.21. The molecule has 0 aliphatic carbocycles. The summed E-state index contributed by atoms with van der Waals surface area (Å²) in [6.07, 6.45) is 1.62. The minimum Gasteiger partial charge on any atom is -0.493 e. The van der Waals surface area contributed by atoms with Crippen LogP contribution in [0.15, 0.2) is 40.7 Å². The van der Waals surface area contributed by atoms with Gasteiger partial charge in [0, 0.05) is 26.2 Å². The second-order valence-electron chi connectivity index (χ2n) is 6.21. The molecule has 0 bridgehead atoms. The third kappa shape index (κ3) is 7.65. The molecule has 0 unspecified atom stereocenters. The third-order valence-corrected chi connectivity index (χ3v) is 5.00. The van der Waals surface area contributed by atoms with Crippen LogP contribution in [0.4, 0.5) is 0 Å². The molecule has 7 nitrogen and oxygen atoms in total. The number of benzene rings is 1. The van der Waals surface area contributed by atoms with Crippen LogP contribution in [0.1, 0.15) is 28.6 Å². The van der Waals surface area contributed by atoms with Crippen molar-refractivity contribution in [2.45, 2.75) is 19.8 Å². The van der Waals surface area contributed by atoms with Gasteiger partial charge in [0.15, 0.2) is 17.5 Å². The van der Waals surface area contributed by atoms with E-state index in [1.165, 1.54) is 11.3 Å². The van der Waals surface area contributed by atoms with E-state index in [0.717, 1.165) is 53.8 Å². The Labute approximate surface area is 176 Å². The number of ether oxygens (including phenoxy) is 2. The fraction of sp³-hybridized carbons (Fsp3) is 0.429. The first-order valence-electron chi connectivity index (χ1n) is 9.72. The molecule has 0 aliphatic rings. The van der Waals surface area contributed by atoms with E-state index in [1.54, 1.807) is 14.2 Å². The van der Waals surface area contributed by atoms with Crippen molar-refractivity contribution in [1.29, 1.82) is 0 Å². The fourth-order valence-corrected chi connectivity index (χ4v) is 3.31. The minimum atomic E-state index is -0.0241. The van der Waals surface area contributed by atoms with Crippen molar-refractivity contribution in [3.05, 3.63) is 46.2 Å². The molecule has 0 radical (unpaired) electrons. The van der Waals surface area contributed by atoms with Gasteiger partial charge in [0.1, 0.15) is 0 Å². The highest BCUT2D eigenvalue weighted by molar-refractivity contribution is 7.12. The molecule has 0 fully saturated rings. The summed E-state index contributed by atoms with van der Waals surface area (Å²) in [5, 5.41) is 11.4. The van der Waals surface area contributed by atoms with Gasteiger partial charge in [0.2, 0.25) is 0 Å². The predicted molar refractivity (Wildman–Crippen MR) is 119 cm³/mol. The van der Waals surface area contributed by atoms with Crippen molar-refractivity contribution < 1.29 is 14.3 Å². The van der Waals surface area contributed by atoms with Crippen molar-refractivity contribution in [1.82, 2.24) is 16.0 Å². The molecule has 1 aromatic heterocycles. The Kier molecular flexibility index (Phi) is 9.85. The molecule has 0 saturated carbocycles. The Morgan fingerprint density at radius 3 is 2.59 bits per heavy atom. The van der Waals surface area contributed by atoms with E-state index < -0.39 is 0 Å². The minimum absolute atomic E-state index is 0.0241. The fourth-order valence-electron chi connectivity index (χ4n) is 2.67. The number of methoxy groups -OCH3 is 2. The molecule has 0 atom stereocenters. The van der Waals surface area contributed by atoms with E-state index in [2.05, 4.69) is 20.9 Å². The molecule has 1 heterocycles. The summed E-state index contributed by atoms with van der Waals surface area (Å²) >= 11 is 1.44. The topological polar surface area (TPSA) is 84.0 Å². The maximum atomic E-state index is 11.9. The summed E-state index contributed by atoms with van der Waals surface area (Å²) in [5.41, 5.74) is 1.15. The monoisotopic (exact) mass is 418 g/mol. The third-order valence-electron chi connectivity index (χ3n) is 4.13. The molecule has 158 valence electrons. The lowest BCUT2D eigenvalue weighted by Gasteiger charge is -2.13. The number of aliphatic imine (C=N–C) groups is 1. The second-order valence-corrected chi connectivity index (χ2v) is 7.16. The zero-order valence-electron chi connectivity index (χ0n) is 17.3. The van der Waals surface area contributed by atoms with Gasteiger partial charge in [-0.3, -0.25) is 9.79 Å². The number of rotatable bonds is 11. The number of nitrogens with zero attached hydrogens (tertiary/aromatic N) is 1. The number of hydrogen-bond donors (Lipinski definition) is 3. The van der Waals surface area contributed by atoms with Crippen molar-refractivity contribution in [2.75, 3.05) is 40.4 Å². The smallest absolute Gasteiger partial charge is 0.261 e. The predicted octanol–water partition coefficient (Wildman–Crippen LogP) is 2.68. The molecule has 1 amide bonds. The summed E-state index contributed by atoms with van der Waals surface area (Å²) in [4.78, 5) is 17.2. The first-order chi connectivity index (χ1) is 14.2. The van der Waals surface area contributed by atoms with Crippen LogP contribution in [-0.4, -0.2) is 52.3 Å². The molecule has 0 saturated heterocycles. The highest BCUT2D eigenvalue weighted by Gasteiger charge is 2.06. The Morgan fingerprint density at radius 2 is 1.90 bits per heavy atom. The van der Waals surface area contributed by atoms with Gasteiger partial charge in [-0.1, -0.05) is 12.1 Å². The van der Waals surface area contributed by atoms with E-state index in [4.69, 9.17) is 9.47 Å². The Balaban J connectivity index is 1.73. The van der Waals surface area contributed by atoms with E-state index >= 15 is 0 Å². The van der Waals surface area contributed by atoms with Crippen LogP contribution in [0.3, 0.4) is 0 Å². The van der Waals surface area contributed by atoms with Gasteiger partial charge in [0.25, 0.3) is 5.91 Å². The van der Waals surface area contributed by atoms with Gasteiger partial charge < -0.3 is 25.4 Å². The van der Waals surface area contributed by atoms with Gasteiger partial charge in [-0.2, -0.15) is 0 Å².